The lowest BCUT2D eigenvalue weighted by Crippen LogP contribution is -2.42. The van der Waals surface area contributed by atoms with Gasteiger partial charge in [0.1, 0.15) is 5.60 Å². The molecule has 0 heterocycles. The number of rotatable bonds is 8. The summed E-state index contributed by atoms with van der Waals surface area (Å²) in [5.74, 6) is 0.535. The number of nitrogens with one attached hydrogen (secondary N) is 1. The van der Waals surface area contributed by atoms with Crippen molar-refractivity contribution in [3.8, 4) is 0 Å². The van der Waals surface area contributed by atoms with E-state index < -0.39 is 20.0 Å². The molecule has 0 aromatic rings. The van der Waals surface area contributed by atoms with Crippen molar-refractivity contribution in [2.75, 3.05) is 6.61 Å². The van der Waals surface area contributed by atoms with E-state index in [2.05, 4.69) is 38.3 Å². The van der Waals surface area contributed by atoms with Gasteiger partial charge in [0, 0.05) is 6.10 Å². The van der Waals surface area contributed by atoms with Crippen LogP contribution >= 0.6 is 0 Å². The molecule has 5 nitrogen and oxygen atoms in total. The third-order valence-electron chi connectivity index (χ3n) is 4.65. The average molecular weight is 428 g/mol. The van der Waals surface area contributed by atoms with Crippen LogP contribution in [-0.4, -0.2) is 44.4 Å². The van der Waals surface area contributed by atoms with Crippen LogP contribution in [0.15, 0.2) is 11.6 Å². The highest BCUT2D eigenvalue weighted by Crippen LogP contribution is 2.38. The molecular weight excluding hydrogens is 382 g/mol. The molecule has 6 heteroatoms. The Bertz CT molecular complexity index is 558. The fourth-order valence-corrected chi connectivity index (χ4v) is 6.89. The second-order valence-corrected chi connectivity index (χ2v) is 15.3. The normalized spacial score (nSPS) is 20.9. The summed E-state index contributed by atoms with van der Waals surface area (Å²) >= 11 is 0. The second kappa shape index (κ2) is 10.4. The van der Waals surface area contributed by atoms with Gasteiger partial charge in [-0.2, -0.15) is 0 Å². The molecule has 1 rings (SSSR count). The first kappa shape index (κ1) is 26.2. The summed E-state index contributed by atoms with van der Waals surface area (Å²) in [4.78, 5) is 12.4. The van der Waals surface area contributed by atoms with Gasteiger partial charge in [-0.1, -0.05) is 11.6 Å². The predicted octanol–water partition coefficient (Wildman–Crippen LogP) is 6.05. The third-order valence-corrected chi connectivity index (χ3v) is 7.23. The van der Waals surface area contributed by atoms with Crippen molar-refractivity contribution in [2.24, 2.45) is 5.92 Å². The molecule has 0 bridgehead atoms. The molecule has 1 N–H and O–H groups in total. The summed E-state index contributed by atoms with van der Waals surface area (Å²) in [5, 5.41) is 3.01. The number of hydrogen-bond acceptors (Lipinski definition) is 4. The van der Waals surface area contributed by atoms with E-state index in [4.69, 9.17) is 13.9 Å². The topological polar surface area (TPSA) is 56.8 Å². The Balaban J connectivity index is 2.91. The molecule has 1 amide bonds. The van der Waals surface area contributed by atoms with Gasteiger partial charge in [0.2, 0.25) is 0 Å². The molecule has 0 unspecified atom stereocenters. The van der Waals surface area contributed by atoms with E-state index in [0.717, 1.165) is 12.5 Å². The molecule has 0 aromatic carbocycles. The zero-order valence-corrected chi connectivity index (χ0v) is 21.5. The molecule has 0 saturated heterocycles. The van der Waals surface area contributed by atoms with Gasteiger partial charge < -0.3 is 19.2 Å². The first-order chi connectivity index (χ1) is 13.1. The van der Waals surface area contributed by atoms with Crippen LogP contribution in [0.4, 0.5) is 4.79 Å². The number of carbonyl (C=O) groups is 1. The number of carbonyl (C=O) groups excluding carboxylic acids is 1. The van der Waals surface area contributed by atoms with E-state index in [1.54, 1.807) is 0 Å². The van der Waals surface area contributed by atoms with E-state index in [1.165, 1.54) is 18.4 Å². The number of hydrogen-bond donors (Lipinski definition) is 1. The van der Waals surface area contributed by atoms with E-state index in [0.29, 0.717) is 12.5 Å². The summed E-state index contributed by atoms with van der Waals surface area (Å²) < 4.78 is 17.7. The first-order valence-corrected chi connectivity index (χ1v) is 14.2. The van der Waals surface area contributed by atoms with Crippen molar-refractivity contribution >= 4 is 14.4 Å². The highest BCUT2D eigenvalue weighted by atomic mass is 28.4. The molecule has 1 fully saturated rings. The van der Waals surface area contributed by atoms with Gasteiger partial charge in [-0.25, -0.2) is 4.79 Å². The van der Waals surface area contributed by atoms with Crippen LogP contribution in [0.1, 0.15) is 74.7 Å². The second-order valence-electron chi connectivity index (χ2n) is 11.1. The molecule has 0 aliphatic heterocycles. The maximum Gasteiger partial charge on any atom is 0.408 e. The predicted molar refractivity (Wildman–Crippen MR) is 123 cm³/mol. The van der Waals surface area contributed by atoms with Crippen molar-refractivity contribution < 1.29 is 18.7 Å². The van der Waals surface area contributed by atoms with Gasteiger partial charge in [0.05, 0.1) is 18.2 Å². The molecule has 0 spiro atoms. The molecule has 0 radical (unpaired) electrons. The smallest absolute Gasteiger partial charge is 0.408 e. The van der Waals surface area contributed by atoms with Crippen LogP contribution in [-0.2, 0) is 13.9 Å². The number of allylic oxidation sites excluding steroid dienone is 1. The zero-order chi connectivity index (χ0) is 22.5. The molecule has 0 aromatic heterocycles. The Morgan fingerprint density at radius 2 is 1.79 bits per heavy atom. The van der Waals surface area contributed by atoms with Gasteiger partial charge >= 0.3 is 6.09 Å². The van der Waals surface area contributed by atoms with E-state index in [1.807, 2.05) is 41.5 Å². The van der Waals surface area contributed by atoms with Crippen molar-refractivity contribution in [1.29, 1.82) is 0 Å². The molecule has 1 aliphatic carbocycles. The quantitative estimate of drug-likeness (QED) is 0.378. The summed E-state index contributed by atoms with van der Waals surface area (Å²) in [6.45, 7) is 21.0. The molecule has 29 heavy (non-hydrogen) atoms. The zero-order valence-electron chi connectivity index (χ0n) is 20.5. The lowest BCUT2D eigenvalue weighted by atomic mass is 10.0. The Labute approximate surface area is 180 Å². The molecule has 2 atom stereocenters. The van der Waals surface area contributed by atoms with Crippen LogP contribution in [0.25, 0.3) is 0 Å². The van der Waals surface area contributed by atoms with Crippen LogP contribution in [0.3, 0.4) is 0 Å². The van der Waals surface area contributed by atoms with Gasteiger partial charge in [0.15, 0.2) is 8.32 Å². The van der Waals surface area contributed by atoms with Gasteiger partial charge in [0.25, 0.3) is 0 Å². The van der Waals surface area contributed by atoms with Gasteiger partial charge in [-0.05, 0) is 99.7 Å². The Morgan fingerprint density at radius 3 is 2.31 bits per heavy atom. The van der Waals surface area contributed by atoms with Gasteiger partial charge in [-0.15, -0.1) is 0 Å². The first-order valence-electron chi connectivity index (χ1n) is 11.1. The average Bonchev–Trinajstić information content (AvgIpc) is 2.86. The highest BCUT2D eigenvalue weighted by Gasteiger charge is 2.33. The lowest BCUT2D eigenvalue weighted by Gasteiger charge is -2.30. The monoisotopic (exact) mass is 427 g/mol. The Morgan fingerprint density at radius 1 is 1.17 bits per heavy atom. The standard InChI is InChI=1S/C23H45NO4Si/c1-17(2)28-29(9,10)16-19-13-11-12-18(19)14-20(15-26-22(3,4)5)24-21(25)27-23(6,7)8/h14,17,19-20H,11-13,15-16H2,1-10H3,(H,24,25)/b18-14+/t19-,20+/m0/s1. The Kier molecular flexibility index (Phi) is 9.43. The maximum atomic E-state index is 12.4. The minimum absolute atomic E-state index is 0.199. The minimum Gasteiger partial charge on any atom is -0.444 e. The molecule has 1 saturated carbocycles. The number of alkyl carbamates (subject to hydrolysis) is 1. The number of amides is 1. The minimum atomic E-state index is -1.72. The summed E-state index contributed by atoms with van der Waals surface area (Å²) in [5.41, 5.74) is 0.643. The SMILES string of the molecule is CC(C)O[Si](C)(C)C[C@@H]1CCC/C1=C\[C@H](COC(C)(C)C)NC(=O)OC(C)(C)C. The fraction of sp³-hybridized carbons (Fsp3) is 0.870. The molecular formula is C23H45NO4Si. The Hall–Kier alpha value is -0.853. The van der Waals surface area contributed by atoms with E-state index >= 15 is 0 Å². The highest BCUT2D eigenvalue weighted by molar-refractivity contribution is 6.71. The number of ether oxygens (including phenoxy) is 2. The summed E-state index contributed by atoms with van der Waals surface area (Å²) in [7, 11) is -1.72. The summed E-state index contributed by atoms with van der Waals surface area (Å²) in [6.07, 6.45) is 5.56. The van der Waals surface area contributed by atoms with Gasteiger partial charge in [-0.3, -0.25) is 0 Å². The van der Waals surface area contributed by atoms with Crippen molar-refractivity contribution in [3.05, 3.63) is 11.6 Å². The van der Waals surface area contributed by atoms with Crippen molar-refractivity contribution in [2.45, 2.75) is 117 Å². The lowest BCUT2D eigenvalue weighted by molar-refractivity contribution is -0.0116. The van der Waals surface area contributed by atoms with E-state index in [9.17, 15) is 4.79 Å². The van der Waals surface area contributed by atoms with Crippen molar-refractivity contribution in [3.63, 3.8) is 0 Å². The van der Waals surface area contributed by atoms with Crippen LogP contribution in [0.5, 0.6) is 0 Å². The van der Waals surface area contributed by atoms with Crippen LogP contribution < -0.4 is 5.32 Å². The largest absolute Gasteiger partial charge is 0.444 e. The van der Waals surface area contributed by atoms with Crippen molar-refractivity contribution in [1.82, 2.24) is 5.32 Å². The maximum absolute atomic E-state index is 12.4. The molecule has 1 aliphatic rings. The molecule has 170 valence electrons. The third kappa shape index (κ3) is 11.8. The van der Waals surface area contributed by atoms with Crippen LogP contribution in [0.2, 0.25) is 19.1 Å². The van der Waals surface area contributed by atoms with E-state index in [-0.39, 0.29) is 17.7 Å². The fourth-order valence-electron chi connectivity index (χ4n) is 3.86. The van der Waals surface area contributed by atoms with Crippen LogP contribution in [0, 0.1) is 5.92 Å². The summed E-state index contributed by atoms with van der Waals surface area (Å²) in [6, 6.07) is 0.923.